The van der Waals surface area contributed by atoms with Gasteiger partial charge in [-0.1, -0.05) is 113 Å². The van der Waals surface area contributed by atoms with Crippen molar-refractivity contribution in [3.05, 3.63) is 131 Å². The van der Waals surface area contributed by atoms with Crippen LogP contribution in [0.2, 0.25) is 13.1 Å². The minimum Gasteiger partial charge on any atom is -0.164 e. The van der Waals surface area contributed by atoms with Crippen LogP contribution in [0.5, 0.6) is 0 Å². The molecule has 0 heterocycles. The number of hydrogen-bond acceptors (Lipinski definition) is 0. The second-order valence-corrected chi connectivity index (χ2v) is 13.7. The van der Waals surface area contributed by atoms with Crippen LogP contribution in [-0.4, -0.2) is 9.52 Å². The molecular weight excluding hydrogens is 624 g/mol. The number of benzene rings is 4. The Morgan fingerprint density at radius 1 is 0.523 bits per heavy atom. The van der Waals surface area contributed by atoms with E-state index in [4.69, 9.17) is 0 Å². The van der Waals surface area contributed by atoms with Gasteiger partial charge in [0.15, 0.2) is 0 Å². The normalized spacial score (nSPS) is 10.8. The largest absolute Gasteiger partial charge is 2.00 e. The van der Waals surface area contributed by atoms with E-state index in [2.05, 4.69) is 164 Å². The monoisotopic (exact) mass is 670 g/mol. The maximum Gasteiger partial charge on any atom is 2.00 e. The van der Waals surface area contributed by atoms with Crippen molar-refractivity contribution in [3.63, 3.8) is 0 Å². The molecular formula is C42H48SiZr. The van der Waals surface area contributed by atoms with Crippen molar-refractivity contribution in [2.45, 2.75) is 67.5 Å². The molecule has 0 unspecified atom stereocenters. The summed E-state index contributed by atoms with van der Waals surface area (Å²) in [6, 6.07) is 40.0. The third-order valence-corrected chi connectivity index (χ3v) is 7.78. The van der Waals surface area contributed by atoms with Crippen LogP contribution in [-0.2, 0) is 39.0 Å². The van der Waals surface area contributed by atoms with Gasteiger partial charge in [-0.25, -0.2) is 0 Å². The first-order valence-corrected chi connectivity index (χ1v) is 17.8. The molecule has 0 atom stereocenters. The van der Waals surface area contributed by atoms with Gasteiger partial charge in [0.2, 0.25) is 0 Å². The van der Waals surface area contributed by atoms with Gasteiger partial charge in [-0.05, 0) is 60.8 Å². The summed E-state index contributed by atoms with van der Waals surface area (Å²) in [7, 11) is 1.08. The molecule has 224 valence electrons. The first kappa shape index (κ1) is 35.7. The van der Waals surface area contributed by atoms with Crippen molar-refractivity contribution in [3.8, 4) is 22.3 Å². The predicted molar refractivity (Wildman–Crippen MR) is 194 cm³/mol. The van der Waals surface area contributed by atoms with Crippen molar-refractivity contribution >= 4 is 31.1 Å². The summed E-state index contributed by atoms with van der Waals surface area (Å²) < 4.78 is 0. The van der Waals surface area contributed by atoms with E-state index in [1.54, 1.807) is 0 Å². The summed E-state index contributed by atoms with van der Waals surface area (Å²) in [5.74, 6) is 1.41. The molecule has 6 aromatic carbocycles. The molecule has 6 rings (SSSR count). The minimum absolute atomic E-state index is 0. The molecule has 0 fully saturated rings. The van der Waals surface area contributed by atoms with Crippen molar-refractivity contribution in [1.29, 1.82) is 0 Å². The summed E-state index contributed by atoms with van der Waals surface area (Å²) in [5, 5.41) is 5.50. The number of hydrogen-bond donors (Lipinski definition) is 0. The van der Waals surface area contributed by atoms with Crippen molar-refractivity contribution in [2.75, 3.05) is 0 Å². The number of rotatable bonds is 6. The standard InChI is InChI=1S/2C20H21.C2H6Si.Zr/c2*1-14(2)11-16-12-17-8-6-10-19(20(17)13-16)18-9-5-4-7-15(18)3;1-3-2;/h2*4-10,12-14H,11H2,1-3H3;1-2H3;/q2*-1;;+2. The van der Waals surface area contributed by atoms with E-state index in [-0.39, 0.29) is 26.2 Å². The molecule has 0 N–H and O–H groups in total. The molecule has 0 bridgehead atoms. The Morgan fingerprint density at radius 2 is 0.864 bits per heavy atom. The molecule has 0 nitrogen and oxygen atoms in total. The van der Waals surface area contributed by atoms with Gasteiger partial charge in [-0.3, -0.25) is 0 Å². The zero-order chi connectivity index (χ0) is 30.9. The Kier molecular flexibility index (Phi) is 13.8. The summed E-state index contributed by atoms with van der Waals surface area (Å²) in [5.41, 5.74) is 11.0. The maximum absolute atomic E-state index is 2.37. The van der Waals surface area contributed by atoms with Crippen LogP contribution in [0.25, 0.3) is 43.8 Å². The molecule has 0 aromatic heterocycles. The van der Waals surface area contributed by atoms with Crippen molar-refractivity contribution < 1.29 is 26.2 Å². The number of fused-ring (bicyclic) bond motifs is 2. The molecule has 0 amide bonds. The van der Waals surface area contributed by atoms with E-state index < -0.39 is 0 Å². The van der Waals surface area contributed by atoms with Crippen LogP contribution in [0.1, 0.15) is 49.9 Å². The zero-order valence-electron chi connectivity index (χ0n) is 28.0. The van der Waals surface area contributed by atoms with Crippen LogP contribution < -0.4 is 0 Å². The van der Waals surface area contributed by atoms with Gasteiger partial charge in [-0.2, -0.15) is 12.1 Å². The van der Waals surface area contributed by atoms with Crippen LogP contribution in [0.4, 0.5) is 0 Å². The van der Waals surface area contributed by atoms with Crippen molar-refractivity contribution in [1.82, 2.24) is 0 Å². The fraction of sp³-hybridized carbons (Fsp3) is 0.286. The molecule has 0 aliphatic heterocycles. The molecule has 0 aliphatic rings. The van der Waals surface area contributed by atoms with Gasteiger partial charge in [-0.15, -0.1) is 69.1 Å². The first-order chi connectivity index (χ1) is 20.7. The maximum atomic E-state index is 2.37. The fourth-order valence-corrected chi connectivity index (χ4v) is 5.99. The summed E-state index contributed by atoms with van der Waals surface area (Å²) in [4.78, 5) is 0. The molecule has 44 heavy (non-hydrogen) atoms. The Balaban J connectivity index is 0.000000216. The molecule has 0 aliphatic carbocycles. The summed E-state index contributed by atoms with van der Waals surface area (Å²) >= 11 is 0. The summed E-state index contributed by atoms with van der Waals surface area (Å²) in [6.07, 6.45) is 2.31. The Hall–Kier alpha value is -2.80. The fourth-order valence-electron chi connectivity index (χ4n) is 5.99. The minimum atomic E-state index is 0. The van der Waals surface area contributed by atoms with E-state index in [9.17, 15) is 0 Å². The molecule has 6 aromatic rings. The Morgan fingerprint density at radius 3 is 1.20 bits per heavy atom. The molecule has 0 spiro atoms. The third-order valence-electron chi connectivity index (χ3n) is 7.78. The molecule has 0 saturated heterocycles. The summed E-state index contributed by atoms with van der Waals surface area (Å²) in [6.45, 7) is 17.8. The predicted octanol–water partition coefficient (Wildman–Crippen LogP) is 12.2. The van der Waals surface area contributed by atoms with Gasteiger partial charge in [0, 0.05) is 9.52 Å². The zero-order valence-corrected chi connectivity index (χ0v) is 31.4. The average Bonchev–Trinajstić information content (AvgIpc) is 3.56. The van der Waals surface area contributed by atoms with Crippen LogP contribution >= 0.6 is 0 Å². The topological polar surface area (TPSA) is 0 Å². The van der Waals surface area contributed by atoms with Crippen LogP contribution in [0.3, 0.4) is 0 Å². The Bertz CT molecular complexity index is 1620. The molecule has 2 heteroatoms. The molecule has 2 radical (unpaired) electrons. The van der Waals surface area contributed by atoms with E-state index in [1.807, 2.05) is 0 Å². The van der Waals surface area contributed by atoms with Gasteiger partial charge in [0.05, 0.1) is 0 Å². The van der Waals surface area contributed by atoms with E-state index in [1.165, 1.54) is 66.1 Å². The van der Waals surface area contributed by atoms with Gasteiger partial charge >= 0.3 is 26.2 Å². The van der Waals surface area contributed by atoms with Gasteiger partial charge < -0.3 is 0 Å². The smallest absolute Gasteiger partial charge is 0.164 e. The van der Waals surface area contributed by atoms with E-state index >= 15 is 0 Å². The van der Waals surface area contributed by atoms with Crippen LogP contribution in [0.15, 0.2) is 109 Å². The SMILES string of the molecule is C[Si]C.Cc1ccccc1-c1cccc2[cH-]c(CC(C)C)cc12.Cc1ccccc1-c1cccc2[cH-]c(CC(C)C)cc12.[Zr+2]. The van der Waals surface area contributed by atoms with Gasteiger partial charge in [0.1, 0.15) is 0 Å². The first-order valence-electron chi connectivity index (χ1n) is 15.8. The van der Waals surface area contributed by atoms with Gasteiger partial charge in [0.25, 0.3) is 0 Å². The van der Waals surface area contributed by atoms with E-state index in [0.717, 1.165) is 22.4 Å². The van der Waals surface area contributed by atoms with Crippen LogP contribution in [0, 0.1) is 25.7 Å². The third kappa shape index (κ3) is 9.12. The number of aryl methyl sites for hydroxylation is 2. The Labute approximate surface area is 288 Å². The average molecular weight is 672 g/mol. The van der Waals surface area contributed by atoms with E-state index in [0.29, 0.717) is 11.8 Å². The quantitative estimate of drug-likeness (QED) is 0.122. The molecule has 0 saturated carbocycles. The second kappa shape index (κ2) is 17.0. The van der Waals surface area contributed by atoms with Crippen molar-refractivity contribution in [2.24, 2.45) is 11.8 Å². The second-order valence-electron chi connectivity index (χ2n) is 12.7.